The summed E-state index contributed by atoms with van der Waals surface area (Å²) in [5.74, 6) is 1.00. The van der Waals surface area contributed by atoms with E-state index >= 15 is 0 Å². The molecule has 0 N–H and O–H groups in total. The van der Waals surface area contributed by atoms with Crippen molar-refractivity contribution in [3.8, 4) is 5.75 Å². The van der Waals surface area contributed by atoms with Crippen LogP contribution in [0.2, 0.25) is 19.6 Å². The van der Waals surface area contributed by atoms with Gasteiger partial charge in [-0.1, -0.05) is 12.1 Å². The molecule has 0 unspecified atom stereocenters. The van der Waals surface area contributed by atoms with Gasteiger partial charge in [-0.15, -0.1) is 0 Å². The molecular weight excluding hydrogens is 214 g/mol. The van der Waals surface area contributed by atoms with E-state index in [-0.39, 0.29) is 0 Å². The molecule has 3 heteroatoms. The maximum Gasteiger partial charge on any atom is 0.242 e. The molecule has 1 rings (SSSR count). The Morgan fingerprint density at radius 3 is 2.31 bits per heavy atom. The summed E-state index contributed by atoms with van der Waals surface area (Å²) in [4.78, 5) is 2.20. The van der Waals surface area contributed by atoms with Gasteiger partial charge in [-0.25, -0.2) is 0 Å². The van der Waals surface area contributed by atoms with Crippen molar-refractivity contribution in [2.75, 3.05) is 14.1 Å². The zero-order valence-corrected chi connectivity index (χ0v) is 12.2. The second kappa shape index (κ2) is 5.02. The summed E-state index contributed by atoms with van der Waals surface area (Å²) in [6, 6.07) is 8.85. The SMILES string of the molecule is C[C@@H](c1cccc(O[Si](C)(C)C)c1)N(C)C. The van der Waals surface area contributed by atoms with Crippen LogP contribution in [0.5, 0.6) is 5.75 Å². The van der Waals surface area contributed by atoms with Gasteiger partial charge in [0.05, 0.1) is 0 Å². The molecule has 0 amide bonds. The number of hydrogen-bond donors (Lipinski definition) is 0. The van der Waals surface area contributed by atoms with Crippen molar-refractivity contribution in [3.05, 3.63) is 29.8 Å². The average Bonchev–Trinajstić information content (AvgIpc) is 2.14. The number of benzene rings is 1. The fourth-order valence-electron chi connectivity index (χ4n) is 1.49. The van der Waals surface area contributed by atoms with Crippen molar-refractivity contribution < 1.29 is 4.43 Å². The molecule has 90 valence electrons. The van der Waals surface area contributed by atoms with Crippen molar-refractivity contribution in [3.63, 3.8) is 0 Å². The standard InChI is InChI=1S/C13H23NOSi/c1-11(14(2)3)12-8-7-9-13(10-12)15-16(4,5)6/h7-11H,1-6H3/t11-/m0/s1. The van der Waals surface area contributed by atoms with Crippen molar-refractivity contribution in [2.24, 2.45) is 0 Å². The minimum absolute atomic E-state index is 0.421. The molecule has 0 saturated heterocycles. The first-order chi connectivity index (χ1) is 7.29. The van der Waals surface area contributed by atoms with Crippen LogP contribution < -0.4 is 4.43 Å². The van der Waals surface area contributed by atoms with Crippen molar-refractivity contribution in [2.45, 2.75) is 32.6 Å². The Hall–Kier alpha value is -0.803. The van der Waals surface area contributed by atoms with Crippen LogP contribution in [0.1, 0.15) is 18.5 Å². The topological polar surface area (TPSA) is 12.5 Å². The number of nitrogens with zero attached hydrogens (tertiary/aromatic N) is 1. The van der Waals surface area contributed by atoms with Gasteiger partial charge < -0.3 is 9.33 Å². The molecule has 0 bridgehead atoms. The Kier molecular flexibility index (Phi) is 4.16. The van der Waals surface area contributed by atoms with Crippen LogP contribution in [-0.2, 0) is 0 Å². The molecule has 0 aliphatic rings. The summed E-state index contributed by atoms with van der Waals surface area (Å²) in [6.07, 6.45) is 0. The van der Waals surface area contributed by atoms with Crippen LogP contribution in [0.25, 0.3) is 0 Å². The lowest BCUT2D eigenvalue weighted by Crippen LogP contribution is -2.29. The van der Waals surface area contributed by atoms with E-state index in [4.69, 9.17) is 4.43 Å². The molecule has 0 saturated carbocycles. The highest BCUT2D eigenvalue weighted by Crippen LogP contribution is 2.23. The van der Waals surface area contributed by atoms with Crippen LogP contribution in [0, 0.1) is 0 Å². The summed E-state index contributed by atoms with van der Waals surface area (Å²) in [5.41, 5.74) is 1.31. The monoisotopic (exact) mass is 237 g/mol. The molecule has 2 nitrogen and oxygen atoms in total. The quantitative estimate of drug-likeness (QED) is 0.743. The lowest BCUT2D eigenvalue weighted by Gasteiger charge is -2.23. The maximum absolute atomic E-state index is 5.99. The summed E-state index contributed by atoms with van der Waals surface area (Å²) in [7, 11) is 2.69. The van der Waals surface area contributed by atoms with Gasteiger partial charge in [-0.2, -0.15) is 0 Å². The predicted octanol–water partition coefficient (Wildman–Crippen LogP) is 3.52. The van der Waals surface area contributed by atoms with Gasteiger partial charge in [0.2, 0.25) is 8.32 Å². The zero-order chi connectivity index (χ0) is 12.3. The van der Waals surface area contributed by atoms with E-state index in [1.165, 1.54) is 5.56 Å². The van der Waals surface area contributed by atoms with Gasteiger partial charge in [0.25, 0.3) is 0 Å². The lowest BCUT2D eigenvalue weighted by atomic mass is 10.1. The second-order valence-corrected chi connectivity index (χ2v) is 9.86. The van der Waals surface area contributed by atoms with Gasteiger partial charge in [0.1, 0.15) is 5.75 Å². The highest BCUT2D eigenvalue weighted by atomic mass is 28.4. The largest absolute Gasteiger partial charge is 0.544 e. The van der Waals surface area contributed by atoms with Crippen LogP contribution >= 0.6 is 0 Å². The van der Waals surface area contributed by atoms with Crippen LogP contribution in [0.15, 0.2) is 24.3 Å². The van der Waals surface area contributed by atoms with Crippen molar-refractivity contribution >= 4 is 8.32 Å². The Labute approximate surface area is 100 Å². The van der Waals surface area contributed by atoms with E-state index in [2.05, 4.69) is 63.8 Å². The molecule has 1 aromatic rings. The molecule has 1 aromatic carbocycles. The lowest BCUT2D eigenvalue weighted by molar-refractivity contribution is 0.320. The number of rotatable bonds is 4. The first-order valence-corrected chi connectivity index (χ1v) is 9.16. The first kappa shape index (κ1) is 13.3. The summed E-state index contributed by atoms with van der Waals surface area (Å²) >= 11 is 0. The molecular formula is C13H23NOSi. The molecule has 0 radical (unpaired) electrons. The molecule has 16 heavy (non-hydrogen) atoms. The highest BCUT2D eigenvalue weighted by molar-refractivity contribution is 6.70. The molecule has 0 aromatic heterocycles. The van der Waals surface area contributed by atoms with Crippen LogP contribution in [-0.4, -0.2) is 27.3 Å². The van der Waals surface area contributed by atoms with E-state index in [1.54, 1.807) is 0 Å². The van der Waals surface area contributed by atoms with E-state index in [0.717, 1.165) is 5.75 Å². The molecule has 0 aliphatic heterocycles. The normalized spacial score (nSPS) is 13.9. The summed E-state index contributed by atoms with van der Waals surface area (Å²) in [6.45, 7) is 8.81. The van der Waals surface area contributed by atoms with Crippen LogP contribution in [0.3, 0.4) is 0 Å². The fraction of sp³-hybridized carbons (Fsp3) is 0.538. The molecule has 0 fully saturated rings. The Morgan fingerprint density at radius 1 is 1.19 bits per heavy atom. The van der Waals surface area contributed by atoms with Crippen molar-refractivity contribution in [1.29, 1.82) is 0 Å². The van der Waals surface area contributed by atoms with E-state index < -0.39 is 8.32 Å². The minimum atomic E-state index is -1.50. The second-order valence-electron chi connectivity index (χ2n) is 5.43. The Balaban J connectivity index is 2.87. The molecule has 1 atom stereocenters. The van der Waals surface area contributed by atoms with Gasteiger partial charge in [-0.05, 0) is 58.4 Å². The Morgan fingerprint density at radius 2 is 1.81 bits per heavy atom. The van der Waals surface area contributed by atoms with Gasteiger partial charge >= 0.3 is 0 Å². The summed E-state index contributed by atoms with van der Waals surface area (Å²) < 4.78 is 5.99. The smallest absolute Gasteiger partial charge is 0.242 e. The molecule has 0 aliphatic carbocycles. The first-order valence-electron chi connectivity index (χ1n) is 5.75. The molecule has 0 heterocycles. The fourth-order valence-corrected chi connectivity index (χ4v) is 2.32. The highest BCUT2D eigenvalue weighted by Gasteiger charge is 2.17. The van der Waals surface area contributed by atoms with Gasteiger partial charge in [-0.3, -0.25) is 0 Å². The third-order valence-corrected chi connectivity index (χ3v) is 3.39. The molecule has 0 spiro atoms. The van der Waals surface area contributed by atoms with Gasteiger partial charge in [0.15, 0.2) is 0 Å². The third-order valence-electron chi connectivity index (χ3n) is 2.54. The zero-order valence-electron chi connectivity index (χ0n) is 11.2. The minimum Gasteiger partial charge on any atom is -0.544 e. The van der Waals surface area contributed by atoms with Gasteiger partial charge in [0, 0.05) is 6.04 Å². The van der Waals surface area contributed by atoms with E-state index in [0.29, 0.717) is 6.04 Å². The average molecular weight is 237 g/mol. The van der Waals surface area contributed by atoms with E-state index in [1.807, 2.05) is 6.07 Å². The number of hydrogen-bond acceptors (Lipinski definition) is 2. The predicted molar refractivity (Wildman–Crippen MR) is 72.5 cm³/mol. The summed E-state index contributed by atoms with van der Waals surface area (Å²) in [5, 5.41) is 0. The van der Waals surface area contributed by atoms with E-state index in [9.17, 15) is 0 Å². The van der Waals surface area contributed by atoms with Crippen LogP contribution in [0.4, 0.5) is 0 Å². The maximum atomic E-state index is 5.99. The third kappa shape index (κ3) is 3.98. The Bertz CT molecular complexity index is 344. The van der Waals surface area contributed by atoms with Crippen molar-refractivity contribution in [1.82, 2.24) is 4.90 Å².